The van der Waals surface area contributed by atoms with Gasteiger partial charge in [0, 0.05) is 25.7 Å². The Bertz CT molecular complexity index is 527. The molecule has 1 N–H and O–H groups in total. The molecule has 0 aromatic heterocycles. The van der Waals surface area contributed by atoms with Crippen molar-refractivity contribution in [3.05, 3.63) is 29.8 Å². The molecule has 0 saturated heterocycles. The second kappa shape index (κ2) is 8.51. The van der Waals surface area contributed by atoms with Crippen molar-refractivity contribution < 1.29 is 8.42 Å². The molecule has 0 spiro atoms. The van der Waals surface area contributed by atoms with Crippen LogP contribution < -0.4 is 5.32 Å². The van der Waals surface area contributed by atoms with Crippen LogP contribution in [0.15, 0.2) is 29.2 Å². The van der Waals surface area contributed by atoms with Crippen LogP contribution in [-0.4, -0.2) is 31.9 Å². The molecule has 21 heavy (non-hydrogen) atoms. The summed E-state index contributed by atoms with van der Waals surface area (Å²) in [5, 5.41) is 3.29. The Labute approximate surface area is 129 Å². The second-order valence-electron chi connectivity index (χ2n) is 5.49. The number of nitrogens with zero attached hydrogens (tertiary/aromatic N) is 1. The molecule has 1 aromatic rings. The van der Waals surface area contributed by atoms with E-state index in [4.69, 9.17) is 0 Å². The Hall–Kier alpha value is -0.910. The van der Waals surface area contributed by atoms with Crippen molar-refractivity contribution in [2.75, 3.05) is 13.1 Å². The smallest absolute Gasteiger partial charge is 0.243 e. The largest absolute Gasteiger partial charge is 0.310 e. The van der Waals surface area contributed by atoms with Crippen molar-refractivity contribution in [3.63, 3.8) is 0 Å². The molecule has 0 bridgehead atoms. The zero-order chi connectivity index (χ0) is 15.9. The molecule has 0 aliphatic heterocycles. The molecule has 5 heteroatoms. The highest BCUT2D eigenvalue weighted by atomic mass is 32.2. The van der Waals surface area contributed by atoms with Crippen molar-refractivity contribution in [2.24, 2.45) is 0 Å². The van der Waals surface area contributed by atoms with E-state index in [0.29, 0.717) is 30.6 Å². The van der Waals surface area contributed by atoms with Crippen LogP contribution in [-0.2, 0) is 16.6 Å². The van der Waals surface area contributed by atoms with Crippen LogP contribution in [0.25, 0.3) is 0 Å². The third kappa shape index (κ3) is 5.09. The SMILES string of the molecule is CCCCN(CC)S(=O)(=O)c1ccccc1CNC(C)C. The third-order valence-corrected chi connectivity index (χ3v) is 5.48. The predicted octanol–water partition coefficient (Wildman–Crippen LogP) is 3.00. The monoisotopic (exact) mass is 312 g/mol. The summed E-state index contributed by atoms with van der Waals surface area (Å²) in [7, 11) is -3.41. The zero-order valence-corrected chi connectivity index (χ0v) is 14.4. The first-order chi connectivity index (χ1) is 9.93. The van der Waals surface area contributed by atoms with Crippen LogP contribution in [0, 0.1) is 0 Å². The van der Waals surface area contributed by atoms with Crippen molar-refractivity contribution in [2.45, 2.75) is 58.0 Å². The molecule has 0 aliphatic rings. The van der Waals surface area contributed by atoms with Crippen LogP contribution in [0.2, 0.25) is 0 Å². The summed E-state index contributed by atoms with van der Waals surface area (Å²) in [6.45, 7) is 9.73. The van der Waals surface area contributed by atoms with E-state index in [0.717, 1.165) is 18.4 Å². The molecular formula is C16H28N2O2S. The molecular weight excluding hydrogens is 284 g/mol. The number of hydrogen-bond donors (Lipinski definition) is 1. The molecule has 1 rings (SSSR count). The van der Waals surface area contributed by atoms with Gasteiger partial charge in [0.15, 0.2) is 0 Å². The molecule has 0 atom stereocenters. The van der Waals surface area contributed by atoms with E-state index in [1.54, 1.807) is 16.4 Å². The van der Waals surface area contributed by atoms with Gasteiger partial charge in [-0.15, -0.1) is 0 Å². The summed E-state index contributed by atoms with van der Waals surface area (Å²) >= 11 is 0. The topological polar surface area (TPSA) is 49.4 Å². The van der Waals surface area contributed by atoms with Crippen molar-refractivity contribution >= 4 is 10.0 Å². The van der Waals surface area contributed by atoms with E-state index in [2.05, 4.69) is 26.1 Å². The molecule has 0 amide bonds. The highest BCUT2D eigenvalue weighted by Crippen LogP contribution is 2.20. The molecule has 1 aromatic carbocycles. The van der Waals surface area contributed by atoms with E-state index in [-0.39, 0.29) is 0 Å². The summed E-state index contributed by atoms with van der Waals surface area (Å²) in [5.41, 5.74) is 0.834. The van der Waals surface area contributed by atoms with Gasteiger partial charge >= 0.3 is 0 Å². The standard InChI is InChI=1S/C16H28N2O2S/c1-5-7-12-18(6-2)21(19,20)16-11-9-8-10-15(16)13-17-14(3)4/h8-11,14,17H,5-7,12-13H2,1-4H3. The summed E-state index contributed by atoms with van der Waals surface area (Å²) in [6.07, 6.45) is 1.88. The molecule has 0 aliphatic carbocycles. The van der Waals surface area contributed by atoms with Gasteiger partial charge in [-0.3, -0.25) is 0 Å². The average Bonchev–Trinajstić information content (AvgIpc) is 2.46. The Morgan fingerprint density at radius 3 is 2.43 bits per heavy atom. The Morgan fingerprint density at radius 2 is 1.86 bits per heavy atom. The Morgan fingerprint density at radius 1 is 1.19 bits per heavy atom. The van der Waals surface area contributed by atoms with Gasteiger partial charge in [-0.25, -0.2) is 8.42 Å². The van der Waals surface area contributed by atoms with Gasteiger partial charge < -0.3 is 5.32 Å². The van der Waals surface area contributed by atoms with Gasteiger partial charge in [0.1, 0.15) is 0 Å². The summed E-state index contributed by atoms with van der Waals surface area (Å²) in [6, 6.07) is 7.60. The lowest BCUT2D eigenvalue weighted by Crippen LogP contribution is -2.33. The Kier molecular flexibility index (Phi) is 7.35. The lowest BCUT2D eigenvalue weighted by molar-refractivity contribution is 0.418. The lowest BCUT2D eigenvalue weighted by Gasteiger charge is -2.22. The predicted molar refractivity (Wildman–Crippen MR) is 87.8 cm³/mol. The molecule has 0 radical (unpaired) electrons. The minimum Gasteiger partial charge on any atom is -0.310 e. The van der Waals surface area contributed by atoms with Gasteiger partial charge in [-0.2, -0.15) is 4.31 Å². The maximum absolute atomic E-state index is 12.8. The highest BCUT2D eigenvalue weighted by molar-refractivity contribution is 7.89. The summed E-state index contributed by atoms with van der Waals surface area (Å²) in [4.78, 5) is 0.427. The van der Waals surface area contributed by atoms with Crippen LogP contribution in [0.3, 0.4) is 0 Å². The highest BCUT2D eigenvalue weighted by Gasteiger charge is 2.24. The van der Waals surface area contributed by atoms with E-state index in [1.807, 2.05) is 19.1 Å². The fraction of sp³-hybridized carbons (Fsp3) is 0.625. The maximum Gasteiger partial charge on any atom is 0.243 e. The first-order valence-electron chi connectivity index (χ1n) is 7.74. The first-order valence-corrected chi connectivity index (χ1v) is 9.18. The van der Waals surface area contributed by atoms with Crippen molar-refractivity contribution in [1.29, 1.82) is 0 Å². The van der Waals surface area contributed by atoms with E-state index >= 15 is 0 Å². The number of benzene rings is 1. The molecule has 0 heterocycles. The van der Waals surface area contributed by atoms with Gasteiger partial charge in [-0.05, 0) is 18.1 Å². The minimum atomic E-state index is -3.41. The quantitative estimate of drug-likeness (QED) is 0.762. The fourth-order valence-electron chi connectivity index (χ4n) is 2.14. The molecule has 0 unspecified atom stereocenters. The molecule has 120 valence electrons. The van der Waals surface area contributed by atoms with E-state index in [9.17, 15) is 8.42 Å². The minimum absolute atomic E-state index is 0.322. The van der Waals surface area contributed by atoms with Gasteiger partial charge in [-0.1, -0.05) is 52.3 Å². The average molecular weight is 312 g/mol. The normalized spacial score (nSPS) is 12.3. The molecule has 4 nitrogen and oxygen atoms in total. The van der Waals surface area contributed by atoms with E-state index in [1.165, 1.54) is 0 Å². The van der Waals surface area contributed by atoms with Crippen molar-refractivity contribution in [3.8, 4) is 0 Å². The van der Waals surface area contributed by atoms with Crippen LogP contribution in [0.4, 0.5) is 0 Å². The molecule has 0 saturated carbocycles. The van der Waals surface area contributed by atoms with Gasteiger partial charge in [0.25, 0.3) is 0 Å². The maximum atomic E-state index is 12.8. The number of nitrogens with one attached hydrogen (secondary N) is 1. The zero-order valence-electron chi connectivity index (χ0n) is 13.6. The van der Waals surface area contributed by atoms with Gasteiger partial charge in [0.05, 0.1) is 4.90 Å². The molecule has 0 fully saturated rings. The number of unbranched alkanes of at least 4 members (excludes halogenated alkanes) is 1. The number of sulfonamides is 1. The fourth-order valence-corrected chi connectivity index (χ4v) is 3.85. The summed E-state index contributed by atoms with van der Waals surface area (Å²) < 4.78 is 27.2. The summed E-state index contributed by atoms with van der Waals surface area (Å²) in [5.74, 6) is 0. The Balaban J connectivity index is 3.06. The van der Waals surface area contributed by atoms with Gasteiger partial charge in [0.2, 0.25) is 10.0 Å². The van der Waals surface area contributed by atoms with Crippen molar-refractivity contribution in [1.82, 2.24) is 9.62 Å². The van der Waals surface area contributed by atoms with Crippen LogP contribution in [0.5, 0.6) is 0 Å². The number of rotatable bonds is 9. The van der Waals surface area contributed by atoms with Crippen LogP contribution >= 0.6 is 0 Å². The van der Waals surface area contributed by atoms with E-state index < -0.39 is 10.0 Å². The van der Waals surface area contributed by atoms with Crippen LogP contribution in [0.1, 0.15) is 46.1 Å². The lowest BCUT2D eigenvalue weighted by atomic mass is 10.2. The number of hydrogen-bond acceptors (Lipinski definition) is 3. The second-order valence-corrected chi connectivity index (χ2v) is 7.40. The first kappa shape index (κ1) is 18.1. The third-order valence-electron chi connectivity index (χ3n) is 3.40.